The minimum atomic E-state index is -0.460. The van der Waals surface area contributed by atoms with E-state index >= 15 is 0 Å². The molecule has 154 valence electrons. The van der Waals surface area contributed by atoms with E-state index in [1.165, 1.54) is 12.8 Å². The third-order valence-electron chi connectivity index (χ3n) is 5.90. The van der Waals surface area contributed by atoms with Gasteiger partial charge >= 0.3 is 7.12 Å². The smallest absolute Gasteiger partial charge is 0.408 e. The third kappa shape index (κ3) is 5.16. The number of carbonyl (C=O) groups excluding carboxylic acids is 1. The Morgan fingerprint density at radius 3 is 2.64 bits per heavy atom. The maximum absolute atomic E-state index is 12.9. The van der Waals surface area contributed by atoms with Gasteiger partial charge in [-0.1, -0.05) is 31.9 Å². The molecular formula is C22H34BNO4. The number of ether oxygens (including phenoxy) is 1. The number of benzene rings is 1. The zero-order valence-electron chi connectivity index (χ0n) is 17.8. The van der Waals surface area contributed by atoms with Gasteiger partial charge in [0.15, 0.2) is 0 Å². The molecule has 1 aliphatic heterocycles. The molecule has 1 saturated carbocycles. The van der Waals surface area contributed by atoms with Crippen molar-refractivity contribution < 1.29 is 18.8 Å². The third-order valence-corrected chi connectivity index (χ3v) is 5.90. The molecule has 0 N–H and O–H groups in total. The normalized spacial score (nSPS) is 17.4. The number of nitrogens with zero attached hydrogens (tertiary/aromatic N) is 1. The quantitative estimate of drug-likeness (QED) is 0.577. The lowest BCUT2D eigenvalue weighted by molar-refractivity contribution is 0.0380. The Morgan fingerprint density at radius 1 is 1.21 bits per heavy atom. The average Bonchev–Trinajstić information content (AvgIpc) is 3.30. The summed E-state index contributed by atoms with van der Waals surface area (Å²) in [4.78, 5) is 14.8. The van der Waals surface area contributed by atoms with Crippen molar-refractivity contribution in [3.05, 3.63) is 29.3 Å². The fourth-order valence-electron chi connectivity index (χ4n) is 3.81. The second-order valence-corrected chi connectivity index (χ2v) is 8.44. The molecule has 1 aromatic carbocycles. The summed E-state index contributed by atoms with van der Waals surface area (Å²) in [5.41, 5.74) is 2.45. The highest BCUT2D eigenvalue weighted by Gasteiger charge is 2.33. The van der Waals surface area contributed by atoms with Crippen molar-refractivity contribution >= 4 is 18.5 Å². The Hall–Kier alpha value is -1.37. The van der Waals surface area contributed by atoms with Crippen LogP contribution in [-0.4, -0.2) is 49.4 Å². The zero-order valence-corrected chi connectivity index (χ0v) is 17.8. The van der Waals surface area contributed by atoms with E-state index in [2.05, 4.69) is 20.8 Å². The maximum atomic E-state index is 12.9. The molecule has 1 aliphatic carbocycles. The van der Waals surface area contributed by atoms with Crippen LogP contribution in [0, 0.1) is 0 Å². The minimum absolute atomic E-state index is 0.0804. The summed E-state index contributed by atoms with van der Waals surface area (Å²) in [7, 11) is -0.460. The SMILES string of the molecule is CCOB(OC(C)(C)CC)c1ccc2c(c1)C(=O)N(CCOC1CCCC1)C2. The van der Waals surface area contributed by atoms with Gasteiger partial charge in [0.1, 0.15) is 0 Å². The van der Waals surface area contributed by atoms with Crippen LogP contribution in [0.25, 0.3) is 0 Å². The van der Waals surface area contributed by atoms with Gasteiger partial charge in [-0.3, -0.25) is 4.79 Å². The van der Waals surface area contributed by atoms with Gasteiger partial charge in [-0.15, -0.1) is 0 Å². The molecule has 1 amide bonds. The highest BCUT2D eigenvalue weighted by molar-refractivity contribution is 6.61. The van der Waals surface area contributed by atoms with Gasteiger partial charge in [0.2, 0.25) is 0 Å². The molecule has 1 aromatic rings. The minimum Gasteiger partial charge on any atom is -0.408 e. The Kier molecular flexibility index (Phi) is 7.18. The number of fused-ring (bicyclic) bond motifs is 1. The molecule has 0 saturated heterocycles. The lowest BCUT2D eigenvalue weighted by Crippen LogP contribution is -2.44. The van der Waals surface area contributed by atoms with E-state index in [0.717, 1.165) is 35.9 Å². The van der Waals surface area contributed by atoms with Crippen LogP contribution in [0.1, 0.15) is 75.7 Å². The Morgan fingerprint density at radius 2 is 1.96 bits per heavy atom. The highest BCUT2D eigenvalue weighted by atomic mass is 16.6. The lowest BCUT2D eigenvalue weighted by Gasteiger charge is -2.28. The fourth-order valence-corrected chi connectivity index (χ4v) is 3.81. The summed E-state index contributed by atoms with van der Waals surface area (Å²) in [5, 5.41) is 0. The van der Waals surface area contributed by atoms with Crippen molar-refractivity contribution in [2.24, 2.45) is 0 Å². The van der Waals surface area contributed by atoms with Crippen LogP contribution in [0.5, 0.6) is 0 Å². The Labute approximate surface area is 169 Å². The maximum Gasteiger partial charge on any atom is 0.494 e. The van der Waals surface area contributed by atoms with Crippen molar-refractivity contribution in [3.8, 4) is 0 Å². The van der Waals surface area contributed by atoms with Crippen molar-refractivity contribution in [2.75, 3.05) is 19.8 Å². The summed E-state index contributed by atoms with van der Waals surface area (Å²) in [6, 6.07) is 6.01. The first-order valence-corrected chi connectivity index (χ1v) is 10.8. The van der Waals surface area contributed by atoms with Gasteiger partial charge in [-0.25, -0.2) is 0 Å². The van der Waals surface area contributed by atoms with Crippen molar-refractivity contribution in [1.29, 1.82) is 0 Å². The van der Waals surface area contributed by atoms with Gasteiger partial charge in [0.05, 0.1) is 12.7 Å². The van der Waals surface area contributed by atoms with E-state index < -0.39 is 7.12 Å². The predicted molar refractivity (Wildman–Crippen MR) is 112 cm³/mol. The average molecular weight is 387 g/mol. The van der Waals surface area contributed by atoms with Crippen LogP contribution in [-0.2, 0) is 20.6 Å². The Balaban J connectivity index is 1.64. The first kappa shape index (κ1) is 21.3. The molecule has 0 radical (unpaired) electrons. The van der Waals surface area contributed by atoms with Crippen molar-refractivity contribution in [1.82, 2.24) is 4.90 Å². The summed E-state index contributed by atoms with van der Waals surface area (Å²) in [6.07, 6.45) is 6.11. The number of amides is 1. The van der Waals surface area contributed by atoms with E-state index in [4.69, 9.17) is 14.0 Å². The molecular weight excluding hydrogens is 353 g/mol. The van der Waals surface area contributed by atoms with E-state index in [1.807, 2.05) is 30.0 Å². The summed E-state index contributed by atoms with van der Waals surface area (Å²) in [6.45, 7) is 10.7. The second-order valence-electron chi connectivity index (χ2n) is 8.44. The highest BCUT2D eigenvalue weighted by Crippen LogP contribution is 2.24. The molecule has 2 aliphatic rings. The summed E-state index contributed by atoms with van der Waals surface area (Å²) >= 11 is 0. The number of hydrogen-bond donors (Lipinski definition) is 0. The fraction of sp³-hybridized carbons (Fsp3) is 0.682. The topological polar surface area (TPSA) is 48.0 Å². The first-order chi connectivity index (χ1) is 13.4. The van der Waals surface area contributed by atoms with Crippen LogP contribution < -0.4 is 5.46 Å². The van der Waals surface area contributed by atoms with Crippen LogP contribution in [0.15, 0.2) is 18.2 Å². The van der Waals surface area contributed by atoms with E-state index in [-0.39, 0.29) is 11.5 Å². The molecule has 0 unspecified atom stereocenters. The van der Waals surface area contributed by atoms with Crippen LogP contribution >= 0.6 is 0 Å². The van der Waals surface area contributed by atoms with Gasteiger partial charge in [-0.05, 0) is 57.1 Å². The molecule has 0 aromatic heterocycles. The predicted octanol–water partition coefficient (Wildman–Crippen LogP) is 3.54. The molecule has 1 heterocycles. The van der Waals surface area contributed by atoms with E-state index in [0.29, 0.717) is 32.4 Å². The molecule has 28 heavy (non-hydrogen) atoms. The molecule has 0 spiro atoms. The van der Waals surface area contributed by atoms with Crippen LogP contribution in [0.2, 0.25) is 0 Å². The molecule has 0 atom stereocenters. The number of rotatable bonds is 10. The second kappa shape index (κ2) is 9.42. The standard InChI is InChI=1S/C22H34BNO4/c1-5-22(3,4)28-23(27-6-2)18-12-11-17-16-24(21(25)20(17)15-18)13-14-26-19-9-7-8-10-19/h11-12,15,19H,5-10,13-14,16H2,1-4H3. The van der Waals surface area contributed by atoms with Crippen LogP contribution in [0.4, 0.5) is 0 Å². The van der Waals surface area contributed by atoms with Gasteiger partial charge in [0, 0.05) is 30.9 Å². The van der Waals surface area contributed by atoms with Gasteiger partial charge in [-0.2, -0.15) is 0 Å². The molecule has 0 bridgehead atoms. The molecule has 1 fully saturated rings. The van der Waals surface area contributed by atoms with Crippen molar-refractivity contribution in [3.63, 3.8) is 0 Å². The van der Waals surface area contributed by atoms with Gasteiger partial charge in [0.25, 0.3) is 5.91 Å². The summed E-state index contributed by atoms with van der Waals surface area (Å²) < 4.78 is 18.0. The molecule has 6 heteroatoms. The first-order valence-electron chi connectivity index (χ1n) is 10.8. The van der Waals surface area contributed by atoms with E-state index in [9.17, 15) is 4.79 Å². The number of hydrogen-bond acceptors (Lipinski definition) is 4. The Bertz CT molecular complexity index is 673. The summed E-state index contributed by atoms with van der Waals surface area (Å²) in [5.74, 6) is 0.0804. The zero-order chi connectivity index (χ0) is 20.1. The van der Waals surface area contributed by atoms with E-state index in [1.54, 1.807) is 0 Å². The molecule has 3 rings (SSSR count). The largest absolute Gasteiger partial charge is 0.494 e. The molecule has 5 nitrogen and oxygen atoms in total. The van der Waals surface area contributed by atoms with Gasteiger partial charge < -0.3 is 18.9 Å². The number of carbonyl (C=O) groups is 1. The monoisotopic (exact) mass is 387 g/mol. The van der Waals surface area contributed by atoms with Crippen LogP contribution in [0.3, 0.4) is 0 Å². The lowest BCUT2D eigenvalue weighted by atomic mass is 9.76. The van der Waals surface area contributed by atoms with Crippen molar-refractivity contribution in [2.45, 2.75) is 78.0 Å².